The standard InChI is InChI=1S/C38H42ClN3O3/c1-30-11-8-14-33-28-41(36(43)22-19-31-17-20-34(39)21-18-31)25-9-23-40(27-32-12-4-2-5-13-32)24-10-26-42(38(30)33)37(44)29-45-35-15-6-3-7-16-35/h2-8,11-18,20-21H,9-10,19,22-29H2,1H3. The second-order valence-electron chi connectivity index (χ2n) is 11.6. The molecule has 0 aliphatic carbocycles. The van der Waals surface area contributed by atoms with Crippen LogP contribution in [-0.4, -0.2) is 54.4 Å². The molecule has 6 nitrogen and oxygen atoms in total. The number of rotatable bonds is 8. The van der Waals surface area contributed by atoms with Crippen molar-refractivity contribution in [2.75, 3.05) is 37.7 Å². The first-order valence-corrected chi connectivity index (χ1v) is 16.2. The maximum Gasteiger partial charge on any atom is 0.264 e. The van der Waals surface area contributed by atoms with E-state index in [9.17, 15) is 9.59 Å². The van der Waals surface area contributed by atoms with E-state index in [2.05, 4.69) is 29.2 Å². The van der Waals surface area contributed by atoms with Gasteiger partial charge in [0.2, 0.25) is 5.91 Å². The van der Waals surface area contributed by atoms with E-state index in [1.165, 1.54) is 5.56 Å². The van der Waals surface area contributed by atoms with Crippen molar-refractivity contribution >= 4 is 29.1 Å². The van der Waals surface area contributed by atoms with Gasteiger partial charge in [-0.25, -0.2) is 0 Å². The van der Waals surface area contributed by atoms with E-state index in [1.54, 1.807) is 0 Å². The minimum absolute atomic E-state index is 0.0603. The number of benzene rings is 4. The van der Waals surface area contributed by atoms with Gasteiger partial charge in [0, 0.05) is 50.7 Å². The predicted molar refractivity (Wildman–Crippen MR) is 182 cm³/mol. The number of anilines is 1. The molecule has 0 radical (unpaired) electrons. The van der Waals surface area contributed by atoms with Crippen LogP contribution in [0.15, 0.2) is 103 Å². The third kappa shape index (κ3) is 9.43. The van der Waals surface area contributed by atoms with Crippen molar-refractivity contribution < 1.29 is 14.3 Å². The van der Waals surface area contributed by atoms with Gasteiger partial charge in [0.25, 0.3) is 5.91 Å². The van der Waals surface area contributed by atoms with Crippen molar-refractivity contribution in [1.29, 1.82) is 0 Å². The summed E-state index contributed by atoms with van der Waals surface area (Å²) in [5, 5.41) is 0.688. The van der Waals surface area contributed by atoms with Crippen molar-refractivity contribution in [2.45, 2.75) is 45.7 Å². The monoisotopic (exact) mass is 623 g/mol. The van der Waals surface area contributed by atoms with Crippen LogP contribution in [0.25, 0.3) is 0 Å². The number of hydrogen-bond donors (Lipinski definition) is 0. The largest absolute Gasteiger partial charge is 0.484 e. The van der Waals surface area contributed by atoms with Crippen molar-refractivity contribution in [3.63, 3.8) is 0 Å². The third-order valence-electron chi connectivity index (χ3n) is 8.26. The van der Waals surface area contributed by atoms with Crippen LogP contribution in [0, 0.1) is 6.92 Å². The lowest BCUT2D eigenvalue weighted by Crippen LogP contribution is -2.40. The van der Waals surface area contributed by atoms with Gasteiger partial charge in [-0.1, -0.05) is 90.5 Å². The Kier molecular flexibility index (Phi) is 11.7. The van der Waals surface area contributed by atoms with Gasteiger partial charge in [-0.2, -0.15) is 0 Å². The molecule has 0 atom stereocenters. The first-order valence-electron chi connectivity index (χ1n) is 15.8. The lowest BCUT2D eigenvalue weighted by molar-refractivity contribution is -0.131. The maximum absolute atomic E-state index is 13.9. The number of amides is 2. The molecule has 45 heavy (non-hydrogen) atoms. The number of hydrogen-bond acceptors (Lipinski definition) is 4. The molecular formula is C38H42ClN3O3. The summed E-state index contributed by atoms with van der Waals surface area (Å²) >= 11 is 6.08. The van der Waals surface area contributed by atoms with Crippen LogP contribution in [-0.2, 0) is 29.1 Å². The second-order valence-corrected chi connectivity index (χ2v) is 12.1. The van der Waals surface area contributed by atoms with E-state index in [0.717, 1.165) is 54.9 Å². The summed E-state index contributed by atoms with van der Waals surface area (Å²) in [6.07, 6.45) is 2.74. The molecule has 0 unspecified atom stereocenters. The summed E-state index contributed by atoms with van der Waals surface area (Å²) in [6, 6.07) is 33.7. The van der Waals surface area contributed by atoms with Gasteiger partial charge in [-0.15, -0.1) is 0 Å². The molecule has 1 aliphatic heterocycles. The summed E-state index contributed by atoms with van der Waals surface area (Å²) in [5.74, 6) is 0.674. The molecule has 0 saturated heterocycles. The molecule has 2 amide bonds. The highest BCUT2D eigenvalue weighted by atomic mass is 35.5. The Hall–Kier alpha value is -4.13. The molecule has 4 aromatic rings. The van der Waals surface area contributed by atoms with Crippen LogP contribution in [0.2, 0.25) is 5.02 Å². The Labute approximate surface area is 272 Å². The van der Waals surface area contributed by atoms with Crippen LogP contribution in [0.3, 0.4) is 0 Å². The Morgan fingerprint density at radius 2 is 1.42 bits per heavy atom. The lowest BCUT2D eigenvalue weighted by atomic mass is 10.0. The Morgan fingerprint density at radius 1 is 0.733 bits per heavy atom. The number of fused-ring (bicyclic) bond motifs is 1. The van der Waals surface area contributed by atoms with Crippen LogP contribution in [0.4, 0.5) is 5.69 Å². The number of para-hydroxylation sites is 2. The van der Waals surface area contributed by atoms with Crippen LogP contribution in [0.1, 0.15) is 41.5 Å². The van der Waals surface area contributed by atoms with E-state index in [4.69, 9.17) is 16.3 Å². The highest BCUT2D eigenvalue weighted by Crippen LogP contribution is 2.28. The van der Waals surface area contributed by atoms with E-state index in [1.807, 2.05) is 95.6 Å². The fourth-order valence-electron chi connectivity index (χ4n) is 5.94. The van der Waals surface area contributed by atoms with Crippen molar-refractivity contribution in [3.05, 3.63) is 130 Å². The fourth-order valence-corrected chi connectivity index (χ4v) is 6.07. The van der Waals surface area contributed by atoms with Crippen molar-refractivity contribution in [1.82, 2.24) is 9.80 Å². The second kappa shape index (κ2) is 16.3. The molecule has 0 N–H and O–H groups in total. The van der Waals surface area contributed by atoms with Gasteiger partial charge in [-0.05, 0) is 72.7 Å². The number of ether oxygens (including phenoxy) is 1. The van der Waals surface area contributed by atoms with Crippen LogP contribution >= 0.6 is 11.6 Å². The zero-order chi connectivity index (χ0) is 31.4. The molecule has 4 aromatic carbocycles. The molecule has 1 aliphatic rings. The zero-order valence-electron chi connectivity index (χ0n) is 26.0. The average Bonchev–Trinajstić information content (AvgIpc) is 3.05. The Bertz CT molecular complexity index is 1530. The normalized spacial score (nSPS) is 14.6. The number of carbonyl (C=O) groups is 2. The molecule has 0 bridgehead atoms. The molecule has 0 spiro atoms. The summed E-state index contributed by atoms with van der Waals surface area (Å²) in [6.45, 7) is 6.15. The molecule has 1 heterocycles. The third-order valence-corrected chi connectivity index (χ3v) is 8.51. The number of carbonyl (C=O) groups excluding carboxylic acids is 2. The van der Waals surface area contributed by atoms with E-state index in [0.29, 0.717) is 43.2 Å². The molecule has 0 fully saturated rings. The minimum atomic E-state index is -0.0957. The Morgan fingerprint density at radius 3 is 2.16 bits per heavy atom. The topological polar surface area (TPSA) is 53.1 Å². The summed E-state index contributed by atoms with van der Waals surface area (Å²) in [5.41, 5.74) is 5.20. The predicted octanol–water partition coefficient (Wildman–Crippen LogP) is 7.32. The molecule has 0 saturated carbocycles. The summed E-state index contributed by atoms with van der Waals surface area (Å²) in [4.78, 5) is 33.9. The van der Waals surface area contributed by atoms with E-state index >= 15 is 0 Å². The summed E-state index contributed by atoms with van der Waals surface area (Å²) in [7, 11) is 0. The number of aryl methyl sites for hydroxylation is 2. The van der Waals surface area contributed by atoms with Gasteiger partial charge in [0.15, 0.2) is 6.61 Å². The van der Waals surface area contributed by atoms with Crippen LogP contribution < -0.4 is 9.64 Å². The first kappa shape index (κ1) is 32.3. The summed E-state index contributed by atoms with van der Waals surface area (Å²) < 4.78 is 5.92. The van der Waals surface area contributed by atoms with Gasteiger partial charge in [0.05, 0.1) is 5.69 Å². The average molecular weight is 624 g/mol. The van der Waals surface area contributed by atoms with Crippen molar-refractivity contribution in [2.24, 2.45) is 0 Å². The van der Waals surface area contributed by atoms with E-state index < -0.39 is 0 Å². The van der Waals surface area contributed by atoms with Gasteiger partial charge in [-0.3, -0.25) is 14.5 Å². The SMILES string of the molecule is Cc1cccc2c1N(C(=O)COc1ccccc1)CCCN(Cc1ccccc1)CCCN(C(=O)CCc1ccc(Cl)cc1)C2. The van der Waals surface area contributed by atoms with Crippen LogP contribution in [0.5, 0.6) is 5.75 Å². The maximum atomic E-state index is 13.9. The highest BCUT2D eigenvalue weighted by molar-refractivity contribution is 6.30. The Balaban J connectivity index is 1.40. The zero-order valence-corrected chi connectivity index (χ0v) is 26.8. The molecule has 5 rings (SSSR count). The number of halogens is 1. The molecule has 234 valence electrons. The quantitative estimate of drug-likeness (QED) is 0.206. The number of nitrogens with zero attached hydrogens (tertiary/aromatic N) is 3. The molecule has 7 heteroatoms. The van der Waals surface area contributed by atoms with Crippen molar-refractivity contribution in [3.8, 4) is 5.75 Å². The minimum Gasteiger partial charge on any atom is -0.484 e. The smallest absolute Gasteiger partial charge is 0.264 e. The molecule has 0 aromatic heterocycles. The lowest BCUT2D eigenvalue weighted by Gasteiger charge is -2.32. The van der Waals surface area contributed by atoms with Gasteiger partial charge < -0.3 is 14.5 Å². The van der Waals surface area contributed by atoms with E-state index in [-0.39, 0.29) is 18.4 Å². The first-order chi connectivity index (χ1) is 22.0. The fraction of sp³-hybridized carbons (Fsp3) is 0.316. The van der Waals surface area contributed by atoms with Gasteiger partial charge in [0.1, 0.15) is 5.75 Å². The van der Waals surface area contributed by atoms with Gasteiger partial charge >= 0.3 is 0 Å². The molecular weight excluding hydrogens is 582 g/mol. The highest BCUT2D eigenvalue weighted by Gasteiger charge is 2.25.